The van der Waals surface area contributed by atoms with Gasteiger partial charge in [-0.1, -0.05) is 6.07 Å². The normalized spacial score (nSPS) is 19.7. The Balaban J connectivity index is 1.80. The van der Waals surface area contributed by atoms with Crippen molar-refractivity contribution in [3.8, 4) is 0 Å². The second-order valence-electron chi connectivity index (χ2n) is 4.99. The lowest BCUT2D eigenvalue weighted by Crippen LogP contribution is -2.47. The lowest BCUT2D eigenvalue weighted by molar-refractivity contribution is 0.151. The van der Waals surface area contributed by atoms with Gasteiger partial charge in [0.05, 0.1) is 0 Å². The highest BCUT2D eigenvalue weighted by Gasteiger charge is 2.16. The number of aromatic nitrogens is 1. The van der Waals surface area contributed by atoms with E-state index in [1.165, 1.54) is 6.07 Å². The largest absolute Gasteiger partial charge is 0.366 e. The Hall–Kier alpha value is -1.20. The van der Waals surface area contributed by atoms with Crippen molar-refractivity contribution in [3.05, 3.63) is 24.1 Å². The van der Waals surface area contributed by atoms with Crippen molar-refractivity contribution < 1.29 is 4.39 Å². The molecule has 1 N–H and O–H groups in total. The first kappa shape index (κ1) is 13.2. The van der Waals surface area contributed by atoms with Crippen LogP contribution in [0.25, 0.3) is 0 Å². The smallest absolute Gasteiger partial charge is 0.214 e. The van der Waals surface area contributed by atoms with Gasteiger partial charge in [-0.25, -0.2) is 4.98 Å². The summed E-state index contributed by atoms with van der Waals surface area (Å²) in [5, 5.41) is 3.23. The summed E-state index contributed by atoms with van der Waals surface area (Å²) in [5.41, 5.74) is 0. The van der Waals surface area contributed by atoms with Crippen LogP contribution in [0.3, 0.4) is 0 Å². The van der Waals surface area contributed by atoms with Gasteiger partial charge in [0, 0.05) is 38.8 Å². The van der Waals surface area contributed by atoms with E-state index in [1.54, 1.807) is 12.1 Å². The molecule has 1 aliphatic heterocycles. The third kappa shape index (κ3) is 3.92. The van der Waals surface area contributed by atoms with E-state index in [4.69, 9.17) is 0 Å². The molecule has 18 heavy (non-hydrogen) atoms. The first-order valence-electron chi connectivity index (χ1n) is 6.43. The average Bonchev–Trinajstić information content (AvgIpc) is 2.32. The van der Waals surface area contributed by atoms with E-state index in [2.05, 4.69) is 34.1 Å². The summed E-state index contributed by atoms with van der Waals surface area (Å²) in [6.07, 6.45) is 0. The molecule has 1 fully saturated rings. The van der Waals surface area contributed by atoms with Gasteiger partial charge in [-0.2, -0.15) is 4.39 Å². The van der Waals surface area contributed by atoms with E-state index in [0.717, 1.165) is 32.7 Å². The highest BCUT2D eigenvalue weighted by atomic mass is 19.1. The van der Waals surface area contributed by atoms with Gasteiger partial charge in [-0.15, -0.1) is 0 Å². The molecule has 2 rings (SSSR count). The minimum absolute atomic E-state index is 0.266. The first-order valence-corrected chi connectivity index (χ1v) is 6.43. The van der Waals surface area contributed by atoms with Gasteiger partial charge in [0.25, 0.3) is 0 Å². The fraction of sp³-hybridized carbons (Fsp3) is 0.615. The van der Waals surface area contributed by atoms with Crippen LogP contribution in [0.2, 0.25) is 0 Å². The molecule has 0 amide bonds. The van der Waals surface area contributed by atoms with E-state index in [1.807, 2.05) is 0 Å². The fourth-order valence-electron chi connectivity index (χ4n) is 2.20. The minimum Gasteiger partial charge on any atom is -0.366 e. The Morgan fingerprint density at radius 1 is 1.33 bits per heavy atom. The number of halogens is 1. The van der Waals surface area contributed by atoms with Crippen LogP contribution in [-0.2, 0) is 0 Å². The summed E-state index contributed by atoms with van der Waals surface area (Å²) in [6.45, 7) is 7.49. The Kier molecular flexibility index (Phi) is 4.49. The van der Waals surface area contributed by atoms with Crippen LogP contribution in [-0.4, -0.2) is 60.6 Å². The monoisotopic (exact) mass is 252 g/mol. The standard InChI is InChI=1S/C13H21FN4/c1-11(10-18-8-6-17(2)7-9-18)15-13-5-3-4-12(14)16-13/h3-5,11H,6-10H2,1-2H3,(H,15,16)/t11-/m1/s1. The molecule has 0 saturated carbocycles. The van der Waals surface area contributed by atoms with Gasteiger partial charge in [0.15, 0.2) is 0 Å². The second-order valence-corrected chi connectivity index (χ2v) is 4.99. The molecule has 0 aliphatic carbocycles. The SMILES string of the molecule is C[C@H](CN1CCN(C)CC1)Nc1cccc(F)n1. The van der Waals surface area contributed by atoms with E-state index in [9.17, 15) is 4.39 Å². The minimum atomic E-state index is -0.438. The molecule has 0 aromatic carbocycles. The van der Waals surface area contributed by atoms with Crippen LogP contribution in [0, 0.1) is 5.95 Å². The van der Waals surface area contributed by atoms with Gasteiger partial charge >= 0.3 is 0 Å². The third-order valence-electron chi connectivity index (χ3n) is 3.24. The lowest BCUT2D eigenvalue weighted by Gasteiger charge is -2.34. The summed E-state index contributed by atoms with van der Waals surface area (Å²) in [5.74, 6) is 0.170. The molecule has 0 bridgehead atoms. The van der Waals surface area contributed by atoms with Crippen LogP contribution in [0.4, 0.5) is 10.2 Å². The summed E-state index contributed by atoms with van der Waals surface area (Å²) in [6, 6.07) is 5.09. The predicted octanol–water partition coefficient (Wildman–Crippen LogP) is 1.27. The molecular formula is C13H21FN4. The first-order chi connectivity index (χ1) is 8.63. The van der Waals surface area contributed by atoms with Crippen LogP contribution < -0.4 is 5.32 Å². The predicted molar refractivity (Wildman–Crippen MR) is 71.2 cm³/mol. The molecule has 1 atom stereocenters. The van der Waals surface area contributed by atoms with Gasteiger partial charge in [-0.05, 0) is 26.1 Å². The molecule has 4 nitrogen and oxygen atoms in total. The number of pyridine rings is 1. The van der Waals surface area contributed by atoms with Crippen molar-refractivity contribution in [1.29, 1.82) is 0 Å². The third-order valence-corrected chi connectivity index (χ3v) is 3.24. The number of likely N-dealkylation sites (N-methyl/N-ethyl adjacent to an activating group) is 1. The zero-order chi connectivity index (χ0) is 13.0. The molecule has 0 unspecified atom stereocenters. The Bertz CT molecular complexity index is 377. The van der Waals surface area contributed by atoms with Crippen molar-refractivity contribution >= 4 is 5.82 Å². The molecular weight excluding hydrogens is 231 g/mol. The van der Waals surface area contributed by atoms with Gasteiger partial charge in [0.2, 0.25) is 5.95 Å². The molecule has 100 valence electrons. The highest BCUT2D eigenvalue weighted by Crippen LogP contribution is 2.07. The van der Waals surface area contributed by atoms with Crippen molar-refractivity contribution in [3.63, 3.8) is 0 Å². The number of nitrogens with one attached hydrogen (secondary N) is 1. The molecule has 5 heteroatoms. The molecule has 1 aromatic heterocycles. The maximum Gasteiger partial charge on any atom is 0.214 e. The molecule has 2 heterocycles. The van der Waals surface area contributed by atoms with E-state index >= 15 is 0 Å². The van der Waals surface area contributed by atoms with Crippen LogP contribution in [0.5, 0.6) is 0 Å². The summed E-state index contributed by atoms with van der Waals surface area (Å²) >= 11 is 0. The average molecular weight is 252 g/mol. The van der Waals surface area contributed by atoms with Crippen LogP contribution in [0.15, 0.2) is 18.2 Å². The topological polar surface area (TPSA) is 31.4 Å². The number of anilines is 1. The fourth-order valence-corrected chi connectivity index (χ4v) is 2.20. The number of hydrogen-bond donors (Lipinski definition) is 1. The number of piperazine rings is 1. The maximum absolute atomic E-state index is 13.0. The van der Waals surface area contributed by atoms with Gasteiger partial charge in [-0.3, -0.25) is 4.90 Å². The Morgan fingerprint density at radius 2 is 2.06 bits per heavy atom. The van der Waals surface area contributed by atoms with E-state index in [-0.39, 0.29) is 6.04 Å². The van der Waals surface area contributed by atoms with Crippen molar-refractivity contribution in [2.75, 3.05) is 45.1 Å². The van der Waals surface area contributed by atoms with Crippen molar-refractivity contribution in [2.45, 2.75) is 13.0 Å². The number of nitrogens with zero attached hydrogens (tertiary/aromatic N) is 3. The summed E-state index contributed by atoms with van der Waals surface area (Å²) < 4.78 is 13.0. The Labute approximate surface area is 108 Å². The maximum atomic E-state index is 13.0. The molecule has 1 aromatic rings. The van der Waals surface area contributed by atoms with E-state index < -0.39 is 5.95 Å². The Morgan fingerprint density at radius 3 is 2.72 bits per heavy atom. The molecule has 0 spiro atoms. The molecule has 0 radical (unpaired) electrons. The van der Waals surface area contributed by atoms with Crippen LogP contribution in [0.1, 0.15) is 6.92 Å². The molecule has 1 saturated heterocycles. The summed E-state index contributed by atoms with van der Waals surface area (Å²) in [7, 11) is 2.15. The van der Waals surface area contributed by atoms with Gasteiger partial charge < -0.3 is 10.2 Å². The van der Waals surface area contributed by atoms with Gasteiger partial charge in [0.1, 0.15) is 5.82 Å². The van der Waals surface area contributed by atoms with Crippen molar-refractivity contribution in [1.82, 2.24) is 14.8 Å². The zero-order valence-corrected chi connectivity index (χ0v) is 11.1. The second kappa shape index (κ2) is 6.11. The van der Waals surface area contributed by atoms with Crippen LogP contribution >= 0.6 is 0 Å². The molecule has 1 aliphatic rings. The summed E-state index contributed by atoms with van der Waals surface area (Å²) in [4.78, 5) is 8.58. The number of rotatable bonds is 4. The highest BCUT2D eigenvalue weighted by molar-refractivity contribution is 5.34. The zero-order valence-electron chi connectivity index (χ0n) is 11.1. The van der Waals surface area contributed by atoms with Crippen molar-refractivity contribution in [2.24, 2.45) is 0 Å². The van der Waals surface area contributed by atoms with E-state index in [0.29, 0.717) is 5.82 Å². The lowest BCUT2D eigenvalue weighted by atomic mass is 10.2. The quantitative estimate of drug-likeness (QED) is 0.818. The number of hydrogen-bond acceptors (Lipinski definition) is 4.